The van der Waals surface area contributed by atoms with Crippen molar-refractivity contribution >= 4 is 11.6 Å². The van der Waals surface area contributed by atoms with Crippen LogP contribution in [0.25, 0.3) is 11.3 Å². The number of anilines is 2. The summed E-state index contributed by atoms with van der Waals surface area (Å²) >= 11 is 0. The van der Waals surface area contributed by atoms with Crippen LogP contribution >= 0.6 is 0 Å². The van der Waals surface area contributed by atoms with Crippen molar-refractivity contribution in [2.24, 2.45) is 7.05 Å². The van der Waals surface area contributed by atoms with Gasteiger partial charge in [-0.2, -0.15) is 5.10 Å². The SMILES string of the molecule is Cc1nn(C)c(C)c1-c1ccnc(N2CCCN(c3ccncc3)CC2)n1. The lowest BCUT2D eigenvalue weighted by atomic mass is 10.1. The van der Waals surface area contributed by atoms with Gasteiger partial charge in [-0.15, -0.1) is 0 Å². The van der Waals surface area contributed by atoms with E-state index in [1.807, 2.05) is 43.3 Å². The Hall–Kier alpha value is -2.96. The highest BCUT2D eigenvalue weighted by atomic mass is 15.3. The summed E-state index contributed by atoms with van der Waals surface area (Å²) in [5.74, 6) is 0.798. The molecule has 7 nitrogen and oxygen atoms in total. The molecule has 0 radical (unpaired) electrons. The Balaban J connectivity index is 1.56. The average Bonchev–Trinajstić information content (AvgIpc) is 2.86. The van der Waals surface area contributed by atoms with E-state index >= 15 is 0 Å². The first-order valence-corrected chi connectivity index (χ1v) is 9.37. The number of aryl methyl sites for hydroxylation is 2. The second-order valence-corrected chi connectivity index (χ2v) is 6.94. The molecule has 0 spiro atoms. The molecule has 0 amide bonds. The van der Waals surface area contributed by atoms with Crippen molar-refractivity contribution in [1.29, 1.82) is 0 Å². The second kappa shape index (κ2) is 7.34. The Labute approximate surface area is 159 Å². The molecule has 0 N–H and O–H groups in total. The van der Waals surface area contributed by atoms with Crippen LogP contribution in [0.4, 0.5) is 11.6 Å². The lowest BCUT2D eigenvalue weighted by Gasteiger charge is -2.23. The average molecular weight is 363 g/mol. The van der Waals surface area contributed by atoms with Crippen LogP contribution in [0.5, 0.6) is 0 Å². The Kier molecular flexibility index (Phi) is 4.75. The van der Waals surface area contributed by atoms with Gasteiger partial charge in [0.2, 0.25) is 5.95 Å². The van der Waals surface area contributed by atoms with Crippen molar-refractivity contribution in [3.05, 3.63) is 48.2 Å². The minimum absolute atomic E-state index is 0.798. The summed E-state index contributed by atoms with van der Waals surface area (Å²) in [5.41, 5.74) is 5.40. The van der Waals surface area contributed by atoms with E-state index in [9.17, 15) is 0 Å². The predicted molar refractivity (Wildman–Crippen MR) is 107 cm³/mol. The largest absolute Gasteiger partial charge is 0.370 e. The minimum atomic E-state index is 0.798. The maximum absolute atomic E-state index is 4.87. The van der Waals surface area contributed by atoms with Gasteiger partial charge >= 0.3 is 0 Å². The maximum atomic E-state index is 4.87. The number of pyridine rings is 1. The van der Waals surface area contributed by atoms with E-state index in [1.165, 1.54) is 5.69 Å². The molecule has 3 aromatic heterocycles. The minimum Gasteiger partial charge on any atom is -0.370 e. The highest BCUT2D eigenvalue weighted by Gasteiger charge is 2.19. The molecule has 0 unspecified atom stereocenters. The molecule has 0 atom stereocenters. The zero-order chi connectivity index (χ0) is 18.8. The van der Waals surface area contributed by atoms with Crippen molar-refractivity contribution < 1.29 is 0 Å². The molecular weight excluding hydrogens is 338 g/mol. The van der Waals surface area contributed by atoms with Gasteiger partial charge in [0, 0.05) is 68.8 Å². The molecule has 27 heavy (non-hydrogen) atoms. The van der Waals surface area contributed by atoms with E-state index in [2.05, 4.69) is 43.9 Å². The van der Waals surface area contributed by atoms with Crippen LogP contribution in [0.15, 0.2) is 36.8 Å². The summed E-state index contributed by atoms with van der Waals surface area (Å²) in [6, 6.07) is 6.11. The zero-order valence-corrected chi connectivity index (χ0v) is 16.1. The zero-order valence-electron chi connectivity index (χ0n) is 16.1. The molecule has 1 fully saturated rings. The Bertz CT molecular complexity index is 919. The molecule has 0 aromatic carbocycles. The van der Waals surface area contributed by atoms with Gasteiger partial charge in [0.25, 0.3) is 0 Å². The van der Waals surface area contributed by atoms with Crippen LogP contribution in [-0.4, -0.2) is 50.9 Å². The molecule has 1 aliphatic rings. The van der Waals surface area contributed by atoms with E-state index in [-0.39, 0.29) is 0 Å². The molecule has 4 heterocycles. The van der Waals surface area contributed by atoms with Crippen molar-refractivity contribution in [3.8, 4) is 11.3 Å². The summed E-state index contributed by atoms with van der Waals surface area (Å²) in [4.78, 5) is 18.2. The van der Waals surface area contributed by atoms with Gasteiger partial charge in [-0.05, 0) is 38.5 Å². The highest BCUT2D eigenvalue weighted by Crippen LogP contribution is 2.26. The lowest BCUT2D eigenvalue weighted by molar-refractivity contribution is 0.731. The van der Waals surface area contributed by atoms with E-state index in [1.54, 1.807) is 0 Å². The van der Waals surface area contributed by atoms with E-state index in [0.717, 1.165) is 61.2 Å². The van der Waals surface area contributed by atoms with Crippen LogP contribution in [0.1, 0.15) is 17.8 Å². The molecule has 140 valence electrons. The molecule has 7 heteroatoms. The third kappa shape index (κ3) is 3.49. The van der Waals surface area contributed by atoms with Gasteiger partial charge in [-0.25, -0.2) is 9.97 Å². The Morgan fingerprint density at radius 3 is 2.37 bits per heavy atom. The first-order valence-electron chi connectivity index (χ1n) is 9.37. The van der Waals surface area contributed by atoms with Gasteiger partial charge in [0.15, 0.2) is 0 Å². The quantitative estimate of drug-likeness (QED) is 0.713. The standard InChI is InChI=1S/C20H25N7/c1-15-19(16(2)25(3)24-15)18-7-10-22-20(23-18)27-12-4-11-26(13-14-27)17-5-8-21-9-6-17/h5-10H,4,11-14H2,1-3H3. The fraction of sp³-hybridized carbons (Fsp3) is 0.400. The number of nitrogens with zero attached hydrogens (tertiary/aromatic N) is 7. The first-order chi connectivity index (χ1) is 13.1. The fourth-order valence-electron chi connectivity index (χ4n) is 3.71. The fourth-order valence-corrected chi connectivity index (χ4v) is 3.71. The normalized spacial score (nSPS) is 15.1. The highest BCUT2D eigenvalue weighted by molar-refractivity contribution is 5.65. The molecule has 0 saturated carbocycles. The van der Waals surface area contributed by atoms with Crippen LogP contribution in [0.3, 0.4) is 0 Å². The third-order valence-corrected chi connectivity index (χ3v) is 5.21. The van der Waals surface area contributed by atoms with Gasteiger partial charge in [-0.3, -0.25) is 9.67 Å². The van der Waals surface area contributed by atoms with E-state index in [0.29, 0.717) is 0 Å². The van der Waals surface area contributed by atoms with E-state index < -0.39 is 0 Å². The van der Waals surface area contributed by atoms with Crippen LogP contribution in [0.2, 0.25) is 0 Å². The monoisotopic (exact) mass is 363 g/mol. The Morgan fingerprint density at radius 1 is 0.889 bits per heavy atom. The Morgan fingerprint density at radius 2 is 1.63 bits per heavy atom. The summed E-state index contributed by atoms with van der Waals surface area (Å²) in [6.07, 6.45) is 6.63. The van der Waals surface area contributed by atoms with Gasteiger partial charge in [0.05, 0.1) is 11.4 Å². The second-order valence-electron chi connectivity index (χ2n) is 6.94. The van der Waals surface area contributed by atoms with Gasteiger partial charge in [0.1, 0.15) is 0 Å². The molecule has 0 bridgehead atoms. The van der Waals surface area contributed by atoms with Crippen LogP contribution in [-0.2, 0) is 7.05 Å². The summed E-state index contributed by atoms with van der Waals surface area (Å²) < 4.78 is 1.91. The van der Waals surface area contributed by atoms with E-state index in [4.69, 9.17) is 4.98 Å². The molecule has 3 aromatic rings. The third-order valence-electron chi connectivity index (χ3n) is 5.21. The topological polar surface area (TPSA) is 63.0 Å². The maximum Gasteiger partial charge on any atom is 0.225 e. The molecular formula is C20H25N7. The van der Waals surface area contributed by atoms with Crippen LogP contribution < -0.4 is 9.80 Å². The van der Waals surface area contributed by atoms with Crippen molar-refractivity contribution in [2.75, 3.05) is 36.0 Å². The smallest absolute Gasteiger partial charge is 0.225 e. The number of hydrogen-bond acceptors (Lipinski definition) is 6. The first kappa shape index (κ1) is 17.5. The summed E-state index contributed by atoms with van der Waals surface area (Å²) in [7, 11) is 1.97. The summed E-state index contributed by atoms with van der Waals surface area (Å²) in [5, 5.41) is 4.52. The molecule has 4 rings (SSSR count). The van der Waals surface area contributed by atoms with Crippen molar-refractivity contribution in [3.63, 3.8) is 0 Å². The number of rotatable bonds is 3. The number of hydrogen-bond donors (Lipinski definition) is 0. The van der Waals surface area contributed by atoms with Crippen molar-refractivity contribution in [1.82, 2.24) is 24.7 Å². The summed E-state index contributed by atoms with van der Waals surface area (Å²) in [6.45, 7) is 7.94. The van der Waals surface area contributed by atoms with Gasteiger partial charge < -0.3 is 9.80 Å². The lowest BCUT2D eigenvalue weighted by Crippen LogP contribution is -2.31. The predicted octanol–water partition coefficient (Wildman–Crippen LogP) is 2.61. The number of aromatic nitrogens is 5. The van der Waals surface area contributed by atoms with Gasteiger partial charge in [-0.1, -0.05) is 0 Å². The molecule has 1 saturated heterocycles. The van der Waals surface area contributed by atoms with Crippen LogP contribution in [0, 0.1) is 13.8 Å². The van der Waals surface area contributed by atoms with Crippen molar-refractivity contribution in [2.45, 2.75) is 20.3 Å². The molecule has 1 aliphatic heterocycles. The molecule has 0 aliphatic carbocycles.